The summed E-state index contributed by atoms with van der Waals surface area (Å²) in [6.07, 6.45) is 4.04. The Kier molecular flexibility index (Phi) is 4.97. The maximum atomic E-state index is 10.9. The Morgan fingerprint density at radius 2 is 2.06 bits per heavy atom. The van der Waals surface area contributed by atoms with Crippen molar-refractivity contribution in [3.63, 3.8) is 0 Å². The van der Waals surface area contributed by atoms with Crippen LogP contribution in [-0.4, -0.2) is 72.4 Å². The molecule has 2 fully saturated rings. The highest BCUT2D eigenvalue weighted by atomic mass is 16.5. The molecule has 2 aliphatic heterocycles. The molecule has 18 heavy (non-hydrogen) atoms. The SMILES string of the molecule is CC(C(=O)O)N1CCN(CC2CCCCO2)CC1. The highest BCUT2D eigenvalue weighted by Crippen LogP contribution is 2.15. The van der Waals surface area contributed by atoms with E-state index in [0.717, 1.165) is 39.3 Å². The van der Waals surface area contributed by atoms with Crippen molar-refractivity contribution in [3.8, 4) is 0 Å². The standard InChI is InChI=1S/C13H24N2O3/c1-11(13(16)17)15-7-5-14(6-8-15)10-12-4-2-3-9-18-12/h11-12H,2-10H2,1H3,(H,16,17). The first-order chi connectivity index (χ1) is 8.66. The van der Waals surface area contributed by atoms with Gasteiger partial charge in [-0.15, -0.1) is 0 Å². The van der Waals surface area contributed by atoms with Crippen LogP contribution in [0.25, 0.3) is 0 Å². The summed E-state index contributed by atoms with van der Waals surface area (Å²) in [5, 5.41) is 8.99. The second kappa shape index (κ2) is 6.50. The molecule has 0 spiro atoms. The number of carboxylic acid groups (broad SMARTS) is 1. The van der Waals surface area contributed by atoms with E-state index < -0.39 is 5.97 Å². The summed E-state index contributed by atoms with van der Waals surface area (Å²) < 4.78 is 5.74. The number of rotatable bonds is 4. The van der Waals surface area contributed by atoms with E-state index >= 15 is 0 Å². The number of aliphatic carboxylic acids is 1. The van der Waals surface area contributed by atoms with Gasteiger partial charge in [0.2, 0.25) is 0 Å². The summed E-state index contributed by atoms with van der Waals surface area (Å²) in [6.45, 7) is 7.29. The molecule has 2 rings (SSSR count). The fourth-order valence-electron chi connectivity index (χ4n) is 2.73. The van der Waals surface area contributed by atoms with Gasteiger partial charge in [-0.05, 0) is 26.2 Å². The number of carboxylic acids is 1. The molecule has 0 radical (unpaired) electrons. The fourth-order valence-corrected chi connectivity index (χ4v) is 2.73. The minimum atomic E-state index is -0.723. The van der Waals surface area contributed by atoms with E-state index in [0.29, 0.717) is 6.10 Å². The van der Waals surface area contributed by atoms with E-state index in [1.165, 1.54) is 19.3 Å². The van der Waals surface area contributed by atoms with Gasteiger partial charge in [-0.1, -0.05) is 0 Å². The molecule has 2 saturated heterocycles. The number of hydrogen-bond donors (Lipinski definition) is 1. The van der Waals surface area contributed by atoms with Crippen molar-refractivity contribution >= 4 is 5.97 Å². The quantitative estimate of drug-likeness (QED) is 0.800. The van der Waals surface area contributed by atoms with Gasteiger partial charge in [0.25, 0.3) is 0 Å². The molecule has 0 aromatic heterocycles. The van der Waals surface area contributed by atoms with Crippen LogP contribution in [0, 0.1) is 0 Å². The number of ether oxygens (including phenoxy) is 1. The molecule has 104 valence electrons. The number of piperazine rings is 1. The van der Waals surface area contributed by atoms with Gasteiger partial charge >= 0.3 is 5.97 Å². The van der Waals surface area contributed by atoms with Gasteiger partial charge in [-0.3, -0.25) is 14.6 Å². The molecule has 5 heteroatoms. The van der Waals surface area contributed by atoms with Crippen molar-refractivity contribution in [1.29, 1.82) is 0 Å². The van der Waals surface area contributed by atoms with Crippen LogP contribution in [0.5, 0.6) is 0 Å². The average Bonchev–Trinajstić information content (AvgIpc) is 2.40. The minimum Gasteiger partial charge on any atom is -0.480 e. The molecular formula is C13H24N2O3. The van der Waals surface area contributed by atoms with Crippen LogP contribution in [-0.2, 0) is 9.53 Å². The fraction of sp³-hybridized carbons (Fsp3) is 0.923. The van der Waals surface area contributed by atoms with Crippen molar-refractivity contribution in [1.82, 2.24) is 9.80 Å². The zero-order chi connectivity index (χ0) is 13.0. The number of carbonyl (C=O) groups is 1. The van der Waals surface area contributed by atoms with Gasteiger partial charge < -0.3 is 9.84 Å². The predicted molar refractivity (Wildman–Crippen MR) is 68.7 cm³/mol. The van der Waals surface area contributed by atoms with Gasteiger partial charge in [-0.25, -0.2) is 0 Å². The zero-order valence-corrected chi connectivity index (χ0v) is 11.2. The molecule has 1 N–H and O–H groups in total. The molecule has 2 unspecified atom stereocenters. The maximum absolute atomic E-state index is 10.9. The van der Waals surface area contributed by atoms with Gasteiger partial charge in [-0.2, -0.15) is 0 Å². The third kappa shape index (κ3) is 3.67. The van der Waals surface area contributed by atoms with Crippen LogP contribution in [0.15, 0.2) is 0 Å². The van der Waals surface area contributed by atoms with Gasteiger partial charge in [0.05, 0.1) is 6.10 Å². The normalized spacial score (nSPS) is 29.1. The largest absolute Gasteiger partial charge is 0.480 e. The van der Waals surface area contributed by atoms with Crippen molar-refractivity contribution < 1.29 is 14.6 Å². The van der Waals surface area contributed by atoms with Crippen LogP contribution in [0.1, 0.15) is 26.2 Å². The Hall–Kier alpha value is -0.650. The van der Waals surface area contributed by atoms with Crippen LogP contribution in [0.3, 0.4) is 0 Å². The second-order valence-electron chi connectivity index (χ2n) is 5.34. The smallest absolute Gasteiger partial charge is 0.320 e. The Bertz CT molecular complexity index is 271. The Morgan fingerprint density at radius 1 is 1.33 bits per heavy atom. The summed E-state index contributed by atoms with van der Waals surface area (Å²) in [4.78, 5) is 15.4. The molecule has 2 heterocycles. The summed E-state index contributed by atoms with van der Waals surface area (Å²) >= 11 is 0. The summed E-state index contributed by atoms with van der Waals surface area (Å²) in [5.74, 6) is -0.723. The molecule has 2 atom stereocenters. The average molecular weight is 256 g/mol. The highest BCUT2D eigenvalue weighted by molar-refractivity contribution is 5.72. The molecule has 0 aromatic carbocycles. The predicted octanol–water partition coefficient (Wildman–Crippen LogP) is 0.646. The lowest BCUT2D eigenvalue weighted by Crippen LogP contribution is -2.53. The molecule has 0 saturated carbocycles. The van der Waals surface area contributed by atoms with E-state index in [-0.39, 0.29) is 6.04 Å². The Labute approximate surface area is 109 Å². The van der Waals surface area contributed by atoms with Crippen molar-refractivity contribution in [2.45, 2.75) is 38.3 Å². The zero-order valence-electron chi connectivity index (χ0n) is 11.2. The first-order valence-electron chi connectivity index (χ1n) is 6.97. The van der Waals surface area contributed by atoms with E-state index in [1.807, 2.05) is 4.90 Å². The number of hydrogen-bond acceptors (Lipinski definition) is 4. The topological polar surface area (TPSA) is 53.0 Å². The molecule has 0 bridgehead atoms. The van der Waals surface area contributed by atoms with Crippen LogP contribution >= 0.6 is 0 Å². The highest BCUT2D eigenvalue weighted by Gasteiger charge is 2.26. The lowest BCUT2D eigenvalue weighted by molar-refractivity contribution is -0.143. The summed E-state index contributed by atoms with van der Waals surface area (Å²) in [6, 6.07) is -0.363. The first-order valence-corrected chi connectivity index (χ1v) is 6.97. The number of nitrogens with zero attached hydrogens (tertiary/aromatic N) is 2. The molecule has 0 aromatic rings. The monoisotopic (exact) mass is 256 g/mol. The third-order valence-corrected chi connectivity index (χ3v) is 4.05. The first kappa shape index (κ1) is 13.8. The molecular weight excluding hydrogens is 232 g/mol. The third-order valence-electron chi connectivity index (χ3n) is 4.05. The minimum absolute atomic E-state index is 0.363. The molecule has 0 amide bonds. The van der Waals surface area contributed by atoms with E-state index in [2.05, 4.69) is 4.90 Å². The molecule has 0 aliphatic carbocycles. The maximum Gasteiger partial charge on any atom is 0.320 e. The van der Waals surface area contributed by atoms with Gasteiger partial charge in [0.15, 0.2) is 0 Å². The Morgan fingerprint density at radius 3 is 2.61 bits per heavy atom. The van der Waals surface area contributed by atoms with Crippen molar-refractivity contribution in [2.24, 2.45) is 0 Å². The van der Waals surface area contributed by atoms with Crippen LogP contribution < -0.4 is 0 Å². The molecule has 5 nitrogen and oxygen atoms in total. The van der Waals surface area contributed by atoms with Crippen LogP contribution in [0.2, 0.25) is 0 Å². The van der Waals surface area contributed by atoms with Crippen LogP contribution in [0.4, 0.5) is 0 Å². The van der Waals surface area contributed by atoms with Gasteiger partial charge in [0.1, 0.15) is 6.04 Å². The summed E-state index contributed by atoms with van der Waals surface area (Å²) in [5.41, 5.74) is 0. The van der Waals surface area contributed by atoms with Gasteiger partial charge in [0, 0.05) is 39.3 Å². The van der Waals surface area contributed by atoms with Crippen molar-refractivity contribution in [2.75, 3.05) is 39.3 Å². The molecule has 2 aliphatic rings. The van der Waals surface area contributed by atoms with E-state index in [4.69, 9.17) is 9.84 Å². The van der Waals surface area contributed by atoms with E-state index in [9.17, 15) is 4.79 Å². The second-order valence-corrected chi connectivity index (χ2v) is 5.34. The summed E-state index contributed by atoms with van der Waals surface area (Å²) in [7, 11) is 0. The Balaban J connectivity index is 1.71. The van der Waals surface area contributed by atoms with E-state index in [1.54, 1.807) is 6.92 Å². The lowest BCUT2D eigenvalue weighted by atomic mass is 10.1. The van der Waals surface area contributed by atoms with Crippen molar-refractivity contribution in [3.05, 3.63) is 0 Å². The lowest BCUT2D eigenvalue weighted by Gasteiger charge is -2.38.